The molecule has 2 fully saturated rings. The second-order valence-electron chi connectivity index (χ2n) is 3.96. The topological polar surface area (TPSA) is 43.1 Å². The van der Waals surface area contributed by atoms with Crippen LogP contribution in [0.5, 0.6) is 0 Å². The van der Waals surface area contributed by atoms with Crippen molar-refractivity contribution in [3.63, 3.8) is 0 Å². The Hall–Kier alpha value is -0.370. The number of fused-ring (bicyclic) bond motifs is 2. The fourth-order valence-corrected chi connectivity index (χ4v) is 2.52. The third-order valence-corrected chi connectivity index (χ3v) is 3.08. The molecule has 2 aliphatic carbocycles. The molecule has 2 bridgehead atoms. The minimum Gasteiger partial charge on any atom is -0.328 e. The summed E-state index contributed by atoms with van der Waals surface area (Å²) in [5.74, 6) is 1.17. The molecule has 0 saturated heterocycles. The molecule has 2 rings (SSSR count). The molecule has 2 N–H and O–H groups in total. The predicted octanol–water partition coefficient (Wildman–Crippen LogP) is 1.09. The molecule has 0 aromatic carbocycles. The van der Waals surface area contributed by atoms with Gasteiger partial charge >= 0.3 is 0 Å². The fraction of sp³-hybridized carbons (Fsp3) is 0.889. The van der Waals surface area contributed by atoms with Crippen LogP contribution in [0.3, 0.4) is 0 Å². The molecule has 2 heteroatoms. The average Bonchev–Trinajstić information content (AvgIpc) is 1.92. The van der Waals surface area contributed by atoms with Crippen LogP contribution in [0.2, 0.25) is 0 Å². The Bertz CT molecular complexity index is 162. The highest BCUT2D eigenvalue weighted by atomic mass is 16.1. The number of carbonyl (C=O) groups is 1. The molecule has 0 aromatic rings. The summed E-state index contributed by atoms with van der Waals surface area (Å²) in [4.78, 5) is 11.5. The van der Waals surface area contributed by atoms with E-state index in [1.165, 1.54) is 6.42 Å². The normalized spacial score (nSPS) is 44.1. The third kappa shape index (κ3) is 1.20. The maximum Gasteiger partial charge on any atom is 0.139 e. The number of hydrogen-bond acceptors (Lipinski definition) is 2. The van der Waals surface area contributed by atoms with E-state index in [2.05, 4.69) is 0 Å². The summed E-state index contributed by atoms with van der Waals surface area (Å²) in [6.45, 7) is 0. The van der Waals surface area contributed by atoms with E-state index in [0.29, 0.717) is 23.7 Å². The molecule has 0 heterocycles. The van der Waals surface area contributed by atoms with Gasteiger partial charge in [0, 0.05) is 17.9 Å². The van der Waals surface area contributed by atoms with E-state index in [4.69, 9.17) is 5.73 Å². The van der Waals surface area contributed by atoms with Crippen LogP contribution in [0.1, 0.15) is 32.1 Å². The van der Waals surface area contributed by atoms with E-state index in [9.17, 15) is 4.79 Å². The molecule has 0 amide bonds. The molecule has 0 unspecified atom stereocenters. The van der Waals surface area contributed by atoms with Gasteiger partial charge in [0.1, 0.15) is 5.78 Å². The lowest BCUT2D eigenvalue weighted by Crippen LogP contribution is -2.42. The number of ketones is 1. The first-order valence-corrected chi connectivity index (χ1v) is 4.56. The maximum absolute atomic E-state index is 11.5. The smallest absolute Gasteiger partial charge is 0.139 e. The molecule has 0 spiro atoms. The molecule has 2 atom stereocenters. The van der Waals surface area contributed by atoms with Crippen molar-refractivity contribution in [2.24, 2.45) is 17.6 Å². The standard InChI is InChI=1S/C9H15NO/c10-8-4-6-2-1-3-7(5-8)9(6)11/h6-8H,1-5,10H2/t6-,7-/m0/s1. The summed E-state index contributed by atoms with van der Waals surface area (Å²) in [5.41, 5.74) is 5.84. The lowest BCUT2D eigenvalue weighted by atomic mass is 9.70. The summed E-state index contributed by atoms with van der Waals surface area (Å²) in [6.07, 6.45) is 5.35. The highest BCUT2D eigenvalue weighted by Crippen LogP contribution is 2.36. The number of hydrogen-bond donors (Lipinski definition) is 1. The zero-order valence-electron chi connectivity index (χ0n) is 6.75. The van der Waals surface area contributed by atoms with E-state index >= 15 is 0 Å². The lowest BCUT2D eigenvalue weighted by Gasteiger charge is -2.35. The van der Waals surface area contributed by atoms with E-state index in [1.54, 1.807) is 0 Å². The largest absolute Gasteiger partial charge is 0.328 e. The SMILES string of the molecule is NC1C[C@@H]2CCC[C@@H](C1)C2=O. The Labute approximate surface area is 67.1 Å². The van der Waals surface area contributed by atoms with Crippen LogP contribution in [-0.2, 0) is 4.79 Å². The molecule has 2 saturated carbocycles. The van der Waals surface area contributed by atoms with E-state index in [0.717, 1.165) is 25.7 Å². The Morgan fingerprint density at radius 1 is 1.18 bits per heavy atom. The third-order valence-electron chi connectivity index (χ3n) is 3.08. The lowest BCUT2D eigenvalue weighted by molar-refractivity contribution is -0.132. The van der Waals surface area contributed by atoms with Gasteiger partial charge in [-0.1, -0.05) is 6.42 Å². The minimum absolute atomic E-state index is 0.308. The van der Waals surface area contributed by atoms with Gasteiger partial charge in [0.2, 0.25) is 0 Å². The first kappa shape index (κ1) is 7.29. The Morgan fingerprint density at radius 2 is 1.73 bits per heavy atom. The van der Waals surface area contributed by atoms with Gasteiger partial charge in [-0.25, -0.2) is 0 Å². The van der Waals surface area contributed by atoms with Crippen molar-refractivity contribution in [2.45, 2.75) is 38.1 Å². The van der Waals surface area contributed by atoms with Crippen molar-refractivity contribution in [3.05, 3.63) is 0 Å². The summed E-state index contributed by atoms with van der Waals surface area (Å²) in [7, 11) is 0. The van der Waals surface area contributed by atoms with Crippen LogP contribution in [0, 0.1) is 11.8 Å². The summed E-state index contributed by atoms with van der Waals surface area (Å²) in [6, 6.07) is 0.308. The van der Waals surface area contributed by atoms with Crippen LogP contribution in [0.4, 0.5) is 0 Å². The number of rotatable bonds is 0. The molecule has 62 valence electrons. The minimum atomic E-state index is 0.308. The van der Waals surface area contributed by atoms with Gasteiger partial charge < -0.3 is 5.73 Å². The molecular weight excluding hydrogens is 138 g/mol. The van der Waals surface area contributed by atoms with Gasteiger partial charge in [0.05, 0.1) is 0 Å². The van der Waals surface area contributed by atoms with Crippen molar-refractivity contribution in [3.8, 4) is 0 Å². The van der Waals surface area contributed by atoms with Gasteiger partial charge in [0.15, 0.2) is 0 Å². The Kier molecular flexibility index (Phi) is 1.72. The Balaban J connectivity index is 2.13. The van der Waals surface area contributed by atoms with Gasteiger partial charge in [0.25, 0.3) is 0 Å². The van der Waals surface area contributed by atoms with Gasteiger partial charge in [-0.15, -0.1) is 0 Å². The van der Waals surface area contributed by atoms with Gasteiger partial charge in [-0.2, -0.15) is 0 Å². The van der Waals surface area contributed by atoms with Gasteiger partial charge in [-0.3, -0.25) is 4.79 Å². The van der Waals surface area contributed by atoms with Crippen LogP contribution < -0.4 is 5.73 Å². The second kappa shape index (κ2) is 2.59. The summed E-state index contributed by atoms with van der Waals surface area (Å²) >= 11 is 0. The highest BCUT2D eigenvalue weighted by molar-refractivity contribution is 5.85. The molecule has 0 aliphatic heterocycles. The zero-order chi connectivity index (χ0) is 7.84. The monoisotopic (exact) mass is 153 g/mol. The van der Waals surface area contributed by atoms with Crippen LogP contribution in [0.25, 0.3) is 0 Å². The van der Waals surface area contributed by atoms with E-state index in [1.807, 2.05) is 0 Å². The average molecular weight is 153 g/mol. The zero-order valence-corrected chi connectivity index (χ0v) is 6.75. The van der Waals surface area contributed by atoms with E-state index < -0.39 is 0 Å². The van der Waals surface area contributed by atoms with Crippen molar-refractivity contribution in [1.82, 2.24) is 0 Å². The number of nitrogens with two attached hydrogens (primary N) is 1. The predicted molar refractivity (Wildman–Crippen MR) is 43.0 cm³/mol. The molecular formula is C9H15NO. The van der Waals surface area contributed by atoms with Crippen molar-refractivity contribution >= 4 is 5.78 Å². The van der Waals surface area contributed by atoms with Crippen LogP contribution in [0.15, 0.2) is 0 Å². The molecule has 11 heavy (non-hydrogen) atoms. The number of Topliss-reactive ketones (excluding diaryl/α,β-unsaturated/α-hetero) is 1. The van der Waals surface area contributed by atoms with E-state index in [-0.39, 0.29) is 0 Å². The van der Waals surface area contributed by atoms with Crippen molar-refractivity contribution < 1.29 is 4.79 Å². The number of carbonyl (C=O) groups excluding carboxylic acids is 1. The summed E-state index contributed by atoms with van der Waals surface area (Å²) in [5, 5.41) is 0. The second-order valence-corrected chi connectivity index (χ2v) is 3.96. The summed E-state index contributed by atoms with van der Waals surface area (Å²) < 4.78 is 0. The molecule has 0 aromatic heterocycles. The quantitative estimate of drug-likeness (QED) is 0.566. The van der Waals surface area contributed by atoms with Crippen molar-refractivity contribution in [1.29, 1.82) is 0 Å². The highest BCUT2D eigenvalue weighted by Gasteiger charge is 2.37. The first-order valence-electron chi connectivity index (χ1n) is 4.56. The van der Waals surface area contributed by atoms with Crippen molar-refractivity contribution in [2.75, 3.05) is 0 Å². The van der Waals surface area contributed by atoms with Gasteiger partial charge in [-0.05, 0) is 25.7 Å². The molecule has 2 nitrogen and oxygen atoms in total. The van der Waals surface area contributed by atoms with Crippen LogP contribution >= 0.6 is 0 Å². The van der Waals surface area contributed by atoms with Crippen LogP contribution in [-0.4, -0.2) is 11.8 Å². The maximum atomic E-state index is 11.5. The molecule has 0 radical (unpaired) electrons. The Morgan fingerprint density at radius 3 is 2.27 bits per heavy atom. The first-order chi connectivity index (χ1) is 5.27. The fourth-order valence-electron chi connectivity index (χ4n) is 2.52. The molecule has 2 aliphatic rings.